The predicted molar refractivity (Wildman–Crippen MR) is 80.3 cm³/mol. The maximum Gasteiger partial charge on any atom is 0.173 e. The number of likely N-dealkylation sites (N-methyl/N-ethyl adjacent to an activating group) is 1. The fourth-order valence-electron chi connectivity index (χ4n) is 1.76. The molecule has 1 unspecified atom stereocenters. The van der Waals surface area contributed by atoms with Crippen LogP contribution in [-0.4, -0.2) is 41.6 Å². The van der Waals surface area contributed by atoms with Gasteiger partial charge in [-0.15, -0.1) is 11.8 Å². The molecule has 5 nitrogen and oxygen atoms in total. The van der Waals surface area contributed by atoms with Gasteiger partial charge in [-0.3, -0.25) is 0 Å². The molecule has 19 heavy (non-hydrogen) atoms. The molecule has 0 saturated heterocycles. The van der Waals surface area contributed by atoms with E-state index in [4.69, 9.17) is 10.9 Å². The van der Waals surface area contributed by atoms with Crippen molar-refractivity contribution in [1.82, 2.24) is 0 Å². The Bertz CT molecular complexity index is 452. The lowest BCUT2D eigenvalue weighted by Gasteiger charge is -2.28. The fraction of sp³-hybridized carbons (Fsp3) is 0.462. The molecule has 0 heterocycles. The zero-order valence-corrected chi connectivity index (χ0v) is 12.3. The normalized spacial score (nSPS) is 13.4. The van der Waals surface area contributed by atoms with Crippen LogP contribution in [0.4, 0.5) is 5.69 Å². The summed E-state index contributed by atoms with van der Waals surface area (Å²) in [6.07, 6.45) is 0. The number of nitrogens with two attached hydrogens (primary N) is 1. The Morgan fingerprint density at radius 1 is 1.53 bits per heavy atom. The van der Waals surface area contributed by atoms with E-state index in [1.807, 2.05) is 44.0 Å². The lowest BCUT2D eigenvalue weighted by Crippen LogP contribution is -2.34. The van der Waals surface area contributed by atoms with Crippen LogP contribution in [-0.2, 0) is 0 Å². The second kappa shape index (κ2) is 7.25. The summed E-state index contributed by atoms with van der Waals surface area (Å²) in [5.41, 5.74) is 7.35. The van der Waals surface area contributed by atoms with Crippen LogP contribution in [0.3, 0.4) is 0 Å². The monoisotopic (exact) mass is 283 g/mol. The first kappa shape index (κ1) is 15.7. The summed E-state index contributed by atoms with van der Waals surface area (Å²) in [6, 6.07) is 5.73. The highest BCUT2D eigenvalue weighted by molar-refractivity contribution is 7.99. The van der Waals surface area contributed by atoms with Gasteiger partial charge in [0.05, 0.1) is 12.2 Å². The maximum atomic E-state index is 9.27. The molecule has 1 atom stereocenters. The number of hydrogen-bond donors (Lipinski definition) is 3. The molecular weight excluding hydrogens is 262 g/mol. The molecule has 6 heteroatoms. The van der Waals surface area contributed by atoms with Crippen molar-refractivity contribution in [1.29, 1.82) is 0 Å². The summed E-state index contributed by atoms with van der Waals surface area (Å²) in [6.45, 7) is 4.00. The van der Waals surface area contributed by atoms with Crippen LogP contribution in [0.5, 0.6) is 0 Å². The molecule has 0 amide bonds. The van der Waals surface area contributed by atoms with E-state index in [-0.39, 0.29) is 18.5 Å². The smallest absolute Gasteiger partial charge is 0.173 e. The number of rotatable bonds is 6. The minimum Gasteiger partial charge on any atom is -0.409 e. The Balaban J connectivity index is 3.34. The van der Waals surface area contributed by atoms with Crippen LogP contribution in [0.15, 0.2) is 28.3 Å². The van der Waals surface area contributed by atoms with Crippen molar-refractivity contribution >= 4 is 23.3 Å². The number of anilines is 1. The summed E-state index contributed by atoms with van der Waals surface area (Å²) >= 11 is 1.64. The van der Waals surface area contributed by atoms with Crippen molar-refractivity contribution in [3.05, 3.63) is 23.8 Å². The standard InChI is InChI=1S/C13H21N3O2S/c1-4-19-11-7-5-6-10(12(11)13(14)15-18)16(3)9(2)8-17/h5-7,9,17-18H,4,8H2,1-3H3,(H2,14,15). The van der Waals surface area contributed by atoms with Crippen molar-refractivity contribution in [2.45, 2.75) is 24.8 Å². The van der Waals surface area contributed by atoms with E-state index >= 15 is 0 Å². The van der Waals surface area contributed by atoms with Gasteiger partial charge < -0.3 is 20.9 Å². The molecular formula is C13H21N3O2S. The third-order valence-electron chi connectivity index (χ3n) is 2.97. The number of benzene rings is 1. The Morgan fingerprint density at radius 2 is 2.21 bits per heavy atom. The van der Waals surface area contributed by atoms with Gasteiger partial charge in [-0.25, -0.2) is 0 Å². The second-order valence-corrected chi connectivity index (χ2v) is 5.52. The summed E-state index contributed by atoms with van der Waals surface area (Å²) in [7, 11) is 1.88. The quantitative estimate of drug-likeness (QED) is 0.243. The van der Waals surface area contributed by atoms with E-state index in [1.54, 1.807) is 11.8 Å². The molecule has 1 aromatic carbocycles. The number of hydrogen-bond acceptors (Lipinski definition) is 5. The van der Waals surface area contributed by atoms with Crippen LogP contribution in [0.1, 0.15) is 19.4 Å². The SMILES string of the molecule is CCSc1cccc(N(C)C(C)CO)c1/C(N)=N/O. The molecule has 0 saturated carbocycles. The molecule has 106 valence electrons. The molecule has 0 aliphatic rings. The average molecular weight is 283 g/mol. The first-order valence-electron chi connectivity index (χ1n) is 6.14. The number of amidine groups is 1. The largest absolute Gasteiger partial charge is 0.409 e. The molecule has 0 bridgehead atoms. The molecule has 0 fully saturated rings. The third-order valence-corrected chi connectivity index (χ3v) is 3.91. The average Bonchev–Trinajstić information content (AvgIpc) is 2.44. The Kier molecular flexibility index (Phi) is 5.98. The van der Waals surface area contributed by atoms with Crippen LogP contribution < -0.4 is 10.6 Å². The molecule has 0 aromatic heterocycles. The first-order chi connectivity index (χ1) is 9.06. The van der Waals surface area contributed by atoms with Gasteiger partial charge in [0.25, 0.3) is 0 Å². The van der Waals surface area contributed by atoms with E-state index < -0.39 is 0 Å². The zero-order chi connectivity index (χ0) is 14.4. The highest BCUT2D eigenvalue weighted by Gasteiger charge is 2.18. The molecule has 4 N–H and O–H groups in total. The van der Waals surface area contributed by atoms with E-state index in [0.29, 0.717) is 5.56 Å². The molecule has 0 spiro atoms. The predicted octanol–water partition coefficient (Wildman–Crippen LogP) is 1.71. The van der Waals surface area contributed by atoms with Gasteiger partial charge in [0.15, 0.2) is 5.84 Å². The van der Waals surface area contributed by atoms with E-state index in [9.17, 15) is 5.11 Å². The van der Waals surface area contributed by atoms with E-state index in [0.717, 1.165) is 16.3 Å². The van der Waals surface area contributed by atoms with Gasteiger partial charge in [0.1, 0.15) is 0 Å². The van der Waals surface area contributed by atoms with Gasteiger partial charge in [0.2, 0.25) is 0 Å². The number of aliphatic hydroxyl groups excluding tert-OH is 1. The molecule has 0 aliphatic carbocycles. The van der Waals surface area contributed by atoms with Crippen molar-refractivity contribution in [3.8, 4) is 0 Å². The summed E-state index contributed by atoms with van der Waals surface area (Å²) < 4.78 is 0. The molecule has 1 aromatic rings. The molecule has 0 aliphatic heterocycles. The van der Waals surface area contributed by atoms with Gasteiger partial charge in [-0.2, -0.15) is 0 Å². The van der Waals surface area contributed by atoms with E-state index in [1.165, 1.54) is 0 Å². The van der Waals surface area contributed by atoms with Crippen LogP contribution in [0.25, 0.3) is 0 Å². The fourth-order valence-corrected chi connectivity index (χ4v) is 2.60. The van der Waals surface area contributed by atoms with E-state index in [2.05, 4.69) is 5.16 Å². The number of aliphatic hydroxyl groups is 1. The Labute approximate surface area is 118 Å². The highest BCUT2D eigenvalue weighted by atomic mass is 32.2. The van der Waals surface area contributed by atoms with Crippen molar-refractivity contribution in [2.75, 3.05) is 24.3 Å². The summed E-state index contributed by atoms with van der Waals surface area (Å²) in [4.78, 5) is 2.89. The van der Waals surface area contributed by atoms with Gasteiger partial charge in [0, 0.05) is 23.7 Å². The molecule has 0 radical (unpaired) electrons. The van der Waals surface area contributed by atoms with Crippen molar-refractivity contribution in [2.24, 2.45) is 10.9 Å². The van der Waals surface area contributed by atoms with Crippen LogP contribution >= 0.6 is 11.8 Å². The minimum atomic E-state index is -0.0490. The van der Waals surface area contributed by atoms with Crippen molar-refractivity contribution < 1.29 is 10.3 Å². The van der Waals surface area contributed by atoms with Crippen molar-refractivity contribution in [3.63, 3.8) is 0 Å². The topological polar surface area (TPSA) is 82.1 Å². The zero-order valence-electron chi connectivity index (χ0n) is 11.5. The first-order valence-corrected chi connectivity index (χ1v) is 7.12. The highest BCUT2D eigenvalue weighted by Crippen LogP contribution is 2.31. The van der Waals surface area contributed by atoms with Crippen LogP contribution in [0.2, 0.25) is 0 Å². The number of oxime groups is 1. The lowest BCUT2D eigenvalue weighted by molar-refractivity contribution is 0.270. The summed E-state index contributed by atoms with van der Waals surface area (Å²) in [5.74, 6) is 0.984. The van der Waals surface area contributed by atoms with Gasteiger partial charge in [-0.1, -0.05) is 18.1 Å². The van der Waals surface area contributed by atoms with Gasteiger partial charge in [-0.05, 0) is 24.8 Å². The van der Waals surface area contributed by atoms with Crippen LogP contribution in [0, 0.1) is 0 Å². The summed E-state index contributed by atoms with van der Waals surface area (Å²) in [5, 5.41) is 21.4. The second-order valence-electron chi connectivity index (χ2n) is 4.21. The molecule has 1 rings (SSSR count). The number of thioether (sulfide) groups is 1. The Morgan fingerprint density at radius 3 is 2.74 bits per heavy atom. The Hall–Kier alpha value is -1.40. The maximum absolute atomic E-state index is 9.27. The minimum absolute atomic E-state index is 0.0389. The third kappa shape index (κ3) is 3.54. The lowest BCUT2D eigenvalue weighted by atomic mass is 10.1. The number of nitrogens with zero attached hydrogens (tertiary/aromatic N) is 2. The van der Waals surface area contributed by atoms with Gasteiger partial charge >= 0.3 is 0 Å².